The smallest absolute Gasteiger partial charge is 0.0811 e. The van der Waals surface area contributed by atoms with E-state index in [-0.39, 0.29) is 0 Å². The lowest BCUT2D eigenvalue weighted by atomic mass is 10.1. The van der Waals surface area contributed by atoms with Crippen LogP contribution >= 0.6 is 22.7 Å². The van der Waals surface area contributed by atoms with Crippen LogP contribution in [-0.4, -0.2) is 4.98 Å². The van der Waals surface area contributed by atoms with Gasteiger partial charge in [0.1, 0.15) is 0 Å². The molecule has 3 heteroatoms. The van der Waals surface area contributed by atoms with Crippen LogP contribution in [0.1, 0.15) is 5.69 Å². The number of nitrogens with zero attached hydrogens (tertiary/aromatic N) is 1. The normalized spacial score (nSPS) is 10.6. The van der Waals surface area contributed by atoms with Gasteiger partial charge in [0.25, 0.3) is 0 Å². The zero-order valence-electron chi connectivity index (χ0n) is 9.38. The maximum Gasteiger partial charge on any atom is 0.0811 e. The fourth-order valence-electron chi connectivity index (χ4n) is 1.80. The molecule has 17 heavy (non-hydrogen) atoms. The highest BCUT2D eigenvalue weighted by atomic mass is 32.1. The minimum absolute atomic E-state index is 1.07. The van der Waals surface area contributed by atoms with Crippen molar-refractivity contribution in [1.29, 1.82) is 0 Å². The van der Waals surface area contributed by atoms with E-state index in [0.29, 0.717) is 0 Å². The predicted molar refractivity (Wildman–Crippen MR) is 75.6 cm³/mol. The second kappa shape index (κ2) is 4.43. The van der Waals surface area contributed by atoms with Crippen LogP contribution in [0.5, 0.6) is 0 Å². The van der Waals surface area contributed by atoms with E-state index in [2.05, 4.69) is 52.1 Å². The fraction of sp³-hybridized carbons (Fsp3) is 0.0714. The summed E-state index contributed by atoms with van der Waals surface area (Å²) in [5.41, 5.74) is 3.40. The molecule has 0 bridgehead atoms. The Balaban J connectivity index is 2.13. The average Bonchev–Trinajstić information content (AvgIpc) is 3.02. The van der Waals surface area contributed by atoms with E-state index in [1.54, 1.807) is 22.7 Å². The van der Waals surface area contributed by atoms with Gasteiger partial charge in [0.05, 0.1) is 10.6 Å². The first-order valence-electron chi connectivity index (χ1n) is 5.39. The van der Waals surface area contributed by atoms with E-state index in [9.17, 15) is 0 Å². The summed E-state index contributed by atoms with van der Waals surface area (Å²) in [4.78, 5) is 7.13. The maximum atomic E-state index is 4.60. The van der Waals surface area contributed by atoms with Crippen LogP contribution in [0.15, 0.2) is 47.2 Å². The van der Waals surface area contributed by atoms with Crippen LogP contribution in [0, 0.1) is 6.92 Å². The molecule has 1 nitrogen and oxygen atoms in total. The molecule has 3 rings (SSSR count). The third kappa shape index (κ3) is 2.16. The van der Waals surface area contributed by atoms with Gasteiger partial charge in [-0.1, -0.05) is 12.1 Å². The van der Waals surface area contributed by atoms with Gasteiger partial charge in [-0.3, -0.25) is 4.98 Å². The first kappa shape index (κ1) is 10.7. The highest BCUT2D eigenvalue weighted by molar-refractivity contribution is 7.14. The highest BCUT2D eigenvalue weighted by Crippen LogP contribution is 2.30. The summed E-state index contributed by atoms with van der Waals surface area (Å²) in [7, 11) is 0. The highest BCUT2D eigenvalue weighted by Gasteiger charge is 2.06. The Labute approximate surface area is 108 Å². The Morgan fingerprint density at radius 1 is 0.941 bits per heavy atom. The Hall–Kier alpha value is -1.45. The van der Waals surface area contributed by atoms with Crippen molar-refractivity contribution in [2.24, 2.45) is 0 Å². The van der Waals surface area contributed by atoms with Gasteiger partial charge >= 0.3 is 0 Å². The molecule has 0 aliphatic heterocycles. The summed E-state index contributed by atoms with van der Waals surface area (Å²) >= 11 is 3.50. The maximum absolute atomic E-state index is 4.60. The summed E-state index contributed by atoms with van der Waals surface area (Å²) in [5, 5.41) is 4.19. The van der Waals surface area contributed by atoms with Gasteiger partial charge in [-0.2, -0.15) is 0 Å². The average molecular weight is 257 g/mol. The number of hydrogen-bond donors (Lipinski definition) is 0. The number of pyridine rings is 1. The standard InChI is InChI=1S/C14H11NS2/c1-10-8-11(13-4-2-6-16-13)9-12(15-10)14-5-3-7-17-14/h2-9H,1H3. The van der Waals surface area contributed by atoms with Crippen molar-refractivity contribution < 1.29 is 0 Å². The van der Waals surface area contributed by atoms with Crippen LogP contribution in [0.3, 0.4) is 0 Å². The molecule has 3 heterocycles. The lowest BCUT2D eigenvalue weighted by Gasteiger charge is -2.03. The Morgan fingerprint density at radius 3 is 2.29 bits per heavy atom. The zero-order chi connectivity index (χ0) is 11.7. The number of rotatable bonds is 2. The molecule has 0 atom stereocenters. The molecule has 0 amide bonds. The third-order valence-corrected chi connectivity index (χ3v) is 4.34. The van der Waals surface area contributed by atoms with Crippen molar-refractivity contribution in [3.63, 3.8) is 0 Å². The molecule has 3 aromatic heterocycles. The summed E-state index contributed by atoms with van der Waals surface area (Å²) in [6, 6.07) is 12.7. The van der Waals surface area contributed by atoms with Crippen molar-refractivity contribution in [2.45, 2.75) is 6.92 Å². The lowest BCUT2D eigenvalue weighted by Crippen LogP contribution is -1.86. The quantitative estimate of drug-likeness (QED) is 0.639. The van der Waals surface area contributed by atoms with Gasteiger partial charge in [-0.15, -0.1) is 22.7 Å². The minimum atomic E-state index is 1.07. The SMILES string of the molecule is Cc1cc(-c2cccs2)cc(-c2cccs2)n1. The van der Waals surface area contributed by atoms with E-state index in [0.717, 1.165) is 11.4 Å². The molecular formula is C14H11NS2. The van der Waals surface area contributed by atoms with Crippen LogP contribution in [0.25, 0.3) is 21.0 Å². The minimum Gasteiger partial charge on any atom is -0.252 e. The van der Waals surface area contributed by atoms with Crippen molar-refractivity contribution >= 4 is 22.7 Å². The predicted octanol–water partition coefficient (Wildman–Crippen LogP) is 4.85. The summed E-state index contributed by atoms with van der Waals surface area (Å²) in [6.45, 7) is 2.05. The van der Waals surface area contributed by atoms with E-state index < -0.39 is 0 Å². The van der Waals surface area contributed by atoms with Gasteiger partial charge in [0, 0.05) is 10.6 Å². The van der Waals surface area contributed by atoms with E-state index in [1.165, 1.54) is 15.3 Å². The molecule has 0 aromatic carbocycles. The molecule has 0 radical (unpaired) electrons. The number of hydrogen-bond acceptors (Lipinski definition) is 3. The van der Waals surface area contributed by atoms with Crippen molar-refractivity contribution in [3.8, 4) is 21.0 Å². The molecule has 0 saturated heterocycles. The van der Waals surface area contributed by atoms with E-state index in [4.69, 9.17) is 0 Å². The molecule has 0 N–H and O–H groups in total. The molecule has 0 aliphatic carbocycles. The van der Waals surface area contributed by atoms with E-state index >= 15 is 0 Å². The van der Waals surface area contributed by atoms with Crippen molar-refractivity contribution in [1.82, 2.24) is 4.98 Å². The summed E-state index contributed by atoms with van der Waals surface area (Å²) in [6.07, 6.45) is 0. The summed E-state index contributed by atoms with van der Waals surface area (Å²) in [5.74, 6) is 0. The topological polar surface area (TPSA) is 12.9 Å². The second-order valence-corrected chi connectivity index (χ2v) is 5.73. The molecule has 0 aliphatic rings. The molecule has 0 spiro atoms. The van der Waals surface area contributed by atoms with Crippen LogP contribution in [0.2, 0.25) is 0 Å². The van der Waals surface area contributed by atoms with Gasteiger partial charge in [0.15, 0.2) is 0 Å². The molecular weight excluding hydrogens is 246 g/mol. The molecule has 0 fully saturated rings. The van der Waals surface area contributed by atoms with Crippen LogP contribution in [0.4, 0.5) is 0 Å². The monoisotopic (exact) mass is 257 g/mol. The molecule has 0 saturated carbocycles. The number of thiophene rings is 2. The van der Waals surface area contributed by atoms with Crippen molar-refractivity contribution in [3.05, 3.63) is 52.9 Å². The van der Waals surface area contributed by atoms with Gasteiger partial charge in [-0.25, -0.2) is 0 Å². The fourth-order valence-corrected chi connectivity index (χ4v) is 3.21. The van der Waals surface area contributed by atoms with Crippen LogP contribution < -0.4 is 0 Å². The van der Waals surface area contributed by atoms with Crippen molar-refractivity contribution in [2.75, 3.05) is 0 Å². The second-order valence-electron chi connectivity index (χ2n) is 3.84. The summed E-state index contributed by atoms with van der Waals surface area (Å²) < 4.78 is 0. The Bertz CT molecular complexity index is 557. The zero-order valence-corrected chi connectivity index (χ0v) is 11.0. The van der Waals surface area contributed by atoms with Gasteiger partial charge < -0.3 is 0 Å². The molecule has 84 valence electrons. The molecule has 0 unspecified atom stereocenters. The Morgan fingerprint density at radius 2 is 1.65 bits per heavy atom. The Kier molecular flexibility index (Phi) is 2.79. The number of aryl methyl sites for hydroxylation is 1. The van der Waals surface area contributed by atoms with E-state index in [1.807, 2.05) is 6.92 Å². The molecule has 3 aromatic rings. The van der Waals surface area contributed by atoms with Gasteiger partial charge in [0.2, 0.25) is 0 Å². The van der Waals surface area contributed by atoms with Gasteiger partial charge in [-0.05, 0) is 47.5 Å². The lowest BCUT2D eigenvalue weighted by molar-refractivity contribution is 1.21. The first-order valence-corrected chi connectivity index (χ1v) is 7.15. The largest absolute Gasteiger partial charge is 0.252 e. The number of aromatic nitrogens is 1. The first-order chi connectivity index (χ1) is 8.33. The third-order valence-electron chi connectivity index (χ3n) is 2.53. The van der Waals surface area contributed by atoms with Crippen LogP contribution in [-0.2, 0) is 0 Å².